The summed E-state index contributed by atoms with van der Waals surface area (Å²) in [6.07, 6.45) is -0.306. The third-order valence-corrected chi connectivity index (χ3v) is 11.2. The predicted octanol–water partition coefficient (Wildman–Crippen LogP) is 5.79. The van der Waals surface area contributed by atoms with E-state index in [1.54, 1.807) is 0 Å². The summed E-state index contributed by atoms with van der Waals surface area (Å²) in [5.41, 5.74) is 0.384. The van der Waals surface area contributed by atoms with Crippen molar-refractivity contribution < 1.29 is 23.9 Å². The Morgan fingerprint density at radius 3 is 2.09 bits per heavy atom. The van der Waals surface area contributed by atoms with Gasteiger partial charge in [0.05, 0.1) is 18.1 Å². The molecule has 1 aliphatic carbocycles. The van der Waals surface area contributed by atoms with Crippen LogP contribution < -0.4 is 5.32 Å². The number of ether oxygens (including phenoxy) is 1. The third-order valence-electron chi connectivity index (χ3n) is 6.70. The van der Waals surface area contributed by atoms with Crippen LogP contribution in [0, 0.1) is 11.8 Å². The Morgan fingerprint density at radius 2 is 1.66 bits per heavy atom. The first-order chi connectivity index (χ1) is 14.6. The van der Waals surface area contributed by atoms with Gasteiger partial charge >= 0.3 is 12.1 Å². The van der Waals surface area contributed by atoms with E-state index in [0.29, 0.717) is 6.42 Å². The summed E-state index contributed by atoms with van der Waals surface area (Å²) < 4.78 is 12.3. The molecule has 0 unspecified atom stereocenters. The molecule has 7 heteroatoms. The lowest BCUT2D eigenvalue weighted by molar-refractivity contribution is -0.139. The van der Waals surface area contributed by atoms with E-state index in [1.807, 2.05) is 58.0 Å². The Morgan fingerprint density at radius 1 is 1.09 bits per heavy atom. The molecule has 2 rings (SSSR count). The molecule has 5 atom stereocenters. The maximum absolute atomic E-state index is 12.6. The number of nitrogens with one attached hydrogen (secondary N) is 1. The van der Waals surface area contributed by atoms with Gasteiger partial charge in [-0.3, -0.25) is 4.79 Å². The molecule has 1 aliphatic rings. The van der Waals surface area contributed by atoms with Crippen LogP contribution in [0.1, 0.15) is 66.4 Å². The van der Waals surface area contributed by atoms with Gasteiger partial charge in [-0.2, -0.15) is 0 Å². The number of amides is 1. The molecule has 180 valence electrons. The van der Waals surface area contributed by atoms with Gasteiger partial charge in [-0.15, -0.1) is 0 Å². The van der Waals surface area contributed by atoms with Gasteiger partial charge in [0.2, 0.25) is 0 Å². The lowest BCUT2D eigenvalue weighted by atomic mass is 10.00. The van der Waals surface area contributed by atoms with Gasteiger partial charge in [-0.05, 0) is 50.9 Å². The van der Waals surface area contributed by atoms with Crippen LogP contribution in [0.25, 0.3) is 0 Å². The number of carboxylic acid groups (broad SMARTS) is 1. The molecule has 0 radical (unpaired) electrons. The second-order valence-corrected chi connectivity index (χ2v) is 16.1. The van der Waals surface area contributed by atoms with Crippen LogP contribution >= 0.6 is 0 Å². The average molecular weight is 464 g/mol. The van der Waals surface area contributed by atoms with E-state index in [0.717, 1.165) is 5.56 Å². The summed E-state index contributed by atoms with van der Waals surface area (Å²) in [6.45, 7) is 18.3. The molecule has 1 aromatic carbocycles. The lowest BCUT2D eigenvalue weighted by Gasteiger charge is -2.42. The van der Waals surface area contributed by atoms with Gasteiger partial charge in [-0.25, -0.2) is 4.79 Å². The highest BCUT2D eigenvalue weighted by molar-refractivity contribution is 6.74. The number of carbonyl (C=O) groups is 2. The van der Waals surface area contributed by atoms with Crippen molar-refractivity contribution >= 4 is 20.4 Å². The highest BCUT2D eigenvalue weighted by atomic mass is 28.4. The lowest BCUT2D eigenvalue weighted by Crippen LogP contribution is -2.53. The van der Waals surface area contributed by atoms with E-state index >= 15 is 0 Å². The maximum atomic E-state index is 12.6. The monoisotopic (exact) mass is 463 g/mol. The van der Waals surface area contributed by atoms with Crippen LogP contribution in [0.15, 0.2) is 30.3 Å². The van der Waals surface area contributed by atoms with Crippen LogP contribution in [-0.2, 0) is 14.0 Å². The number of alkyl carbamates (subject to hydrolysis) is 1. The second-order valence-electron chi connectivity index (χ2n) is 11.4. The second kappa shape index (κ2) is 9.55. The van der Waals surface area contributed by atoms with Crippen molar-refractivity contribution in [1.29, 1.82) is 0 Å². The number of carbonyl (C=O) groups excluding carboxylic acids is 1. The zero-order valence-corrected chi connectivity index (χ0v) is 22.1. The van der Waals surface area contributed by atoms with Gasteiger partial charge in [-0.1, -0.05) is 58.0 Å². The van der Waals surface area contributed by atoms with E-state index in [4.69, 9.17) is 9.16 Å². The van der Waals surface area contributed by atoms with Crippen LogP contribution in [0.5, 0.6) is 0 Å². The van der Waals surface area contributed by atoms with E-state index in [1.165, 1.54) is 0 Å². The number of benzene rings is 1. The number of aliphatic carboxylic acids is 1. The van der Waals surface area contributed by atoms with Gasteiger partial charge in [0.15, 0.2) is 8.32 Å². The molecule has 1 aromatic rings. The van der Waals surface area contributed by atoms with E-state index < -0.39 is 38.0 Å². The van der Waals surface area contributed by atoms with Crippen molar-refractivity contribution in [2.75, 3.05) is 0 Å². The van der Waals surface area contributed by atoms with Gasteiger partial charge in [0.1, 0.15) is 5.60 Å². The van der Waals surface area contributed by atoms with E-state index in [2.05, 4.69) is 39.2 Å². The number of hydrogen-bond donors (Lipinski definition) is 2. The van der Waals surface area contributed by atoms with Crippen LogP contribution in [0.4, 0.5) is 4.79 Å². The van der Waals surface area contributed by atoms with Crippen molar-refractivity contribution in [3.8, 4) is 0 Å². The topological polar surface area (TPSA) is 84.9 Å². The van der Waals surface area contributed by atoms with Gasteiger partial charge in [0, 0.05) is 11.8 Å². The molecule has 0 bridgehead atoms. The molecule has 0 aliphatic heterocycles. The zero-order chi connectivity index (χ0) is 24.5. The quantitative estimate of drug-likeness (QED) is 0.476. The largest absolute Gasteiger partial charge is 0.481 e. The summed E-state index contributed by atoms with van der Waals surface area (Å²) in [5, 5.41) is 12.9. The molecule has 6 nitrogen and oxygen atoms in total. The smallest absolute Gasteiger partial charge is 0.407 e. The van der Waals surface area contributed by atoms with Crippen LogP contribution in [0.2, 0.25) is 18.1 Å². The highest BCUT2D eigenvalue weighted by Gasteiger charge is 2.62. The molecule has 0 saturated heterocycles. The first kappa shape index (κ1) is 26.4. The fraction of sp³-hybridized carbons (Fsp3) is 0.680. The van der Waals surface area contributed by atoms with E-state index in [9.17, 15) is 14.7 Å². The fourth-order valence-corrected chi connectivity index (χ4v) is 5.34. The Balaban J connectivity index is 2.41. The summed E-state index contributed by atoms with van der Waals surface area (Å²) in [7, 11) is -2.25. The first-order valence-electron chi connectivity index (χ1n) is 11.5. The van der Waals surface area contributed by atoms with Crippen molar-refractivity contribution in [1.82, 2.24) is 5.32 Å². The minimum absolute atomic E-state index is 0.0503. The SMILES string of the molecule is CC[C@H](NC(=O)OC(C)(C)C)[C@H](O[Si](C)(C)C(C)(C)C)[C@H]1[C@H](C(=O)O)[C@H]1c1ccccc1. The summed E-state index contributed by atoms with van der Waals surface area (Å²) >= 11 is 0. The Kier molecular flexibility index (Phi) is 7.88. The van der Waals surface area contributed by atoms with Gasteiger partial charge < -0.3 is 19.6 Å². The van der Waals surface area contributed by atoms with Crippen molar-refractivity contribution in [2.24, 2.45) is 11.8 Å². The molecule has 0 aromatic heterocycles. The predicted molar refractivity (Wildman–Crippen MR) is 129 cm³/mol. The molecule has 0 heterocycles. The summed E-state index contributed by atoms with van der Waals surface area (Å²) in [5.74, 6) is -1.72. The molecule has 2 N–H and O–H groups in total. The van der Waals surface area contributed by atoms with Gasteiger partial charge in [0.25, 0.3) is 0 Å². The van der Waals surface area contributed by atoms with Crippen molar-refractivity contribution in [3.63, 3.8) is 0 Å². The normalized spacial score (nSPS) is 23.2. The molecule has 0 spiro atoms. The minimum atomic E-state index is -2.25. The molecule has 1 saturated carbocycles. The third kappa shape index (κ3) is 6.35. The number of carboxylic acids is 1. The van der Waals surface area contributed by atoms with Crippen LogP contribution in [-0.4, -0.2) is 43.2 Å². The molecule has 1 fully saturated rings. The first-order valence-corrected chi connectivity index (χ1v) is 14.4. The fourth-order valence-electron chi connectivity index (χ4n) is 3.99. The molecular formula is C25H41NO5Si. The van der Waals surface area contributed by atoms with Crippen molar-refractivity contribution in [3.05, 3.63) is 35.9 Å². The van der Waals surface area contributed by atoms with Crippen LogP contribution in [0.3, 0.4) is 0 Å². The number of hydrogen-bond acceptors (Lipinski definition) is 4. The Labute approximate surface area is 194 Å². The Hall–Kier alpha value is -1.86. The van der Waals surface area contributed by atoms with E-state index in [-0.39, 0.29) is 22.9 Å². The molecule has 1 amide bonds. The zero-order valence-electron chi connectivity index (χ0n) is 21.1. The molecule has 32 heavy (non-hydrogen) atoms. The highest BCUT2D eigenvalue weighted by Crippen LogP contribution is 2.58. The summed E-state index contributed by atoms with van der Waals surface area (Å²) in [4.78, 5) is 24.8. The maximum Gasteiger partial charge on any atom is 0.407 e. The average Bonchev–Trinajstić information content (AvgIpc) is 3.38. The Bertz CT molecular complexity index is 797. The molecular weight excluding hydrogens is 422 g/mol. The summed E-state index contributed by atoms with van der Waals surface area (Å²) in [6, 6.07) is 9.41. The standard InChI is InChI=1S/C25H41NO5Si/c1-10-17(26-23(29)30-24(2,3)4)21(31-32(8,9)25(5,6)7)19-18(20(19)22(27)28)16-14-12-11-13-15-16/h11-15,17-21H,10H2,1-9H3,(H,26,29)(H,27,28)/t17-,18-,19+,20+,21-/m0/s1. The minimum Gasteiger partial charge on any atom is -0.481 e. The number of rotatable bonds is 8. The van der Waals surface area contributed by atoms with Crippen molar-refractivity contribution in [2.45, 2.75) is 96.7 Å².